The number of amides is 2. The number of rotatable bonds is 3. The highest BCUT2D eigenvalue weighted by atomic mass is 32.2. The predicted molar refractivity (Wildman–Crippen MR) is 86.2 cm³/mol. The van der Waals surface area contributed by atoms with Crippen LogP contribution in [0.2, 0.25) is 0 Å². The molecule has 1 aromatic carbocycles. The van der Waals surface area contributed by atoms with E-state index in [1.54, 1.807) is 0 Å². The third-order valence-electron chi connectivity index (χ3n) is 5.19. The number of carbonyl (C=O) groups is 2. The number of carbonyl (C=O) groups excluding carboxylic acids is 2. The number of imide groups is 1. The number of nitrogens with zero attached hydrogens (tertiary/aromatic N) is 2. The summed E-state index contributed by atoms with van der Waals surface area (Å²) in [5.74, 6) is -1.50. The molecule has 8 heteroatoms. The van der Waals surface area contributed by atoms with E-state index in [0.29, 0.717) is 12.8 Å². The molecule has 4 rings (SSSR count). The summed E-state index contributed by atoms with van der Waals surface area (Å²) in [5, 5.41) is 0. The van der Waals surface area contributed by atoms with Gasteiger partial charge in [-0.15, -0.1) is 0 Å². The van der Waals surface area contributed by atoms with Gasteiger partial charge in [0.25, 0.3) is 0 Å². The Morgan fingerprint density at radius 2 is 1.44 bits per heavy atom. The van der Waals surface area contributed by atoms with Gasteiger partial charge in [-0.25, -0.2) is 12.8 Å². The number of hydrogen-bond donors (Lipinski definition) is 0. The summed E-state index contributed by atoms with van der Waals surface area (Å²) < 4.78 is 39.2. The molecule has 3 aliphatic rings. The first-order valence-corrected chi connectivity index (χ1v) is 9.61. The molecule has 2 aliphatic heterocycles. The van der Waals surface area contributed by atoms with Crippen molar-refractivity contribution in [2.45, 2.75) is 23.8 Å². The van der Waals surface area contributed by atoms with Crippen LogP contribution in [0.4, 0.5) is 4.39 Å². The zero-order valence-corrected chi connectivity index (χ0v) is 14.2. The van der Waals surface area contributed by atoms with Crippen molar-refractivity contribution < 1.29 is 22.4 Å². The predicted octanol–water partition coefficient (Wildman–Crippen LogP) is 1.15. The molecule has 1 aromatic rings. The first-order valence-electron chi connectivity index (χ1n) is 8.17. The van der Waals surface area contributed by atoms with Crippen molar-refractivity contribution in [1.29, 1.82) is 0 Å². The third-order valence-corrected chi connectivity index (χ3v) is 7.03. The zero-order valence-electron chi connectivity index (χ0n) is 13.3. The molecule has 1 aliphatic carbocycles. The summed E-state index contributed by atoms with van der Waals surface area (Å²) in [6.07, 6.45) is 4.97. The van der Waals surface area contributed by atoms with Crippen LogP contribution >= 0.6 is 0 Å². The van der Waals surface area contributed by atoms with Crippen molar-refractivity contribution >= 4 is 21.8 Å². The average molecular weight is 364 g/mol. The van der Waals surface area contributed by atoms with E-state index < -0.39 is 21.9 Å². The zero-order chi connectivity index (χ0) is 17.8. The molecule has 2 unspecified atom stereocenters. The molecule has 2 amide bonds. The highest BCUT2D eigenvalue weighted by molar-refractivity contribution is 7.89. The number of sulfonamides is 1. The van der Waals surface area contributed by atoms with Crippen LogP contribution in [0.3, 0.4) is 0 Å². The Balaban J connectivity index is 1.48. The van der Waals surface area contributed by atoms with Gasteiger partial charge >= 0.3 is 0 Å². The number of fused-ring (bicyclic) bond motifs is 1. The molecule has 2 heterocycles. The van der Waals surface area contributed by atoms with E-state index in [9.17, 15) is 22.4 Å². The van der Waals surface area contributed by atoms with Crippen molar-refractivity contribution in [3.05, 3.63) is 42.2 Å². The smallest absolute Gasteiger partial charge is 0.243 e. The van der Waals surface area contributed by atoms with Gasteiger partial charge in [0.2, 0.25) is 21.8 Å². The highest BCUT2D eigenvalue weighted by Crippen LogP contribution is 2.38. The van der Waals surface area contributed by atoms with E-state index in [1.807, 2.05) is 12.2 Å². The Kier molecular flexibility index (Phi) is 3.77. The first-order chi connectivity index (χ1) is 11.9. The minimum atomic E-state index is -3.74. The minimum Gasteiger partial charge on any atom is -0.276 e. The SMILES string of the molecule is O=C1C2CC=CCC2C(=O)N1C1CN(S(=O)(=O)c2ccc(F)cc2)C1. The molecule has 0 radical (unpaired) electrons. The lowest BCUT2D eigenvalue weighted by atomic mass is 9.85. The number of hydrogen-bond acceptors (Lipinski definition) is 4. The van der Waals surface area contributed by atoms with Gasteiger partial charge in [-0.2, -0.15) is 4.31 Å². The molecular weight excluding hydrogens is 347 g/mol. The Morgan fingerprint density at radius 3 is 1.96 bits per heavy atom. The number of benzene rings is 1. The Labute approximate surface area is 145 Å². The second-order valence-corrected chi connectivity index (χ2v) is 8.57. The monoisotopic (exact) mass is 364 g/mol. The molecule has 132 valence electrons. The Bertz CT molecular complexity index is 833. The molecule has 0 aromatic heterocycles. The summed E-state index contributed by atoms with van der Waals surface area (Å²) in [6, 6.07) is 4.19. The largest absolute Gasteiger partial charge is 0.276 e. The van der Waals surface area contributed by atoms with E-state index >= 15 is 0 Å². The maximum atomic E-state index is 13.0. The van der Waals surface area contributed by atoms with Crippen molar-refractivity contribution in [1.82, 2.24) is 9.21 Å². The molecule has 25 heavy (non-hydrogen) atoms. The fraction of sp³-hybridized carbons (Fsp3) is 0.412. The van der Waals surface area contributed by atoms with E-state index in [0.717, 1.165) is 12.1 Å². The van der Waals surface area contributed by atoms with Crippen LogP contribution < -0.4 is 0 Å². The van der Waals surface area contributed by atoms with Crippen LogP contribution in [-0.4, -0.2) is 48.6 Å². The van der Waals surface area contributed by atoms with Crippen LogP contribution in [0.1, 0.15) is 12.8 Å². The van der Waals surface area contributed by atoms with E-state index in [4.69, 9.17) is 0 Å². The normalized spacial score (nSPS) is 27.5. The van der Waals surface area contributed by atoms with Crippen molar-refractivity contribution in [2.24, 2.45) is 11.8 Å². The lowest BCUT2D eigenvalue weighted by Crippen LogP contribution is -2.62. The first kappa shape index (κ1) is 16.4. The standard InChI is InChI=1S/C17H17FN2O4S/c18-11-5-7-13(8-6-11)25(23,24)19-9-12(10-19)20-16(21)14-3-1-2-4-15(14)17(20)22/h1-2,5-8,12,14-15H,3-4,9-10H2. The van der Waals surface area contributed by atoms with Crippen LogP contribution in [0.5, 0.6) is 0 Å². The Hall–Kier alpha value is -2.06. The van der Waals surface area contributed by atoms with Crippen LogP contribution in [0.15, 0.2) is 41.3 Å². The van der Waals surface area contributed by atoms with Gasteiger partial charge in [-0.1, -0.05) is 12.2 Å². The molecule has 0 spiro atoms. The van der Waals surface area contributed by atoms with Crippen LogP contribution in [-0.2, 0) is 19.6 Å². The van der Waals surface area contributed by atoms with Gasteiger partial charge in [0.15, 0.2) is 0 Å². The van der Waals surface area contributed by atoms with Crippen molar-refractivity contribution in [3.63, 3.8) is 0 Å². The average Bonchev–Trinajstić information content (AvgIpc) is 2.79. The fourth-order valence-corrected chi connectivity index (χ4v) is 5.23. The van der Waals surface area contributed by atoms with Gasteiger partial charge in [0.05, 0.1) is 22.8 Å². The Morgan fingerprint density at radius 1 is 0.920 bits per heavy atom. The summed E-state index contributed by atoms with van der Waals surface area (Å²) in [7, 11) is -3.74. The lowest BCUT2D eigenvalue weighted by Gasteiger charge is -2.42. The second kappa shape index (κ2) is 5.74. The molecule has 0 bridgehead atoms. The van der Waals surface area contributed by atoms with E-state index in [2.05, 4.69) is 0 Å². The molecule has 2 saturated heterocycles. The maximum absolute atomic E-state index is 13.0. The quantitative estimate of drug-likeness (QED) is 0.596. The minimum absolute atomic E-state index is 0.00398. The van der Waals surface area contributed by atoms with Gasteiger partial charge in [-0.05, 0) is 37.1 Å². The second-order valence-electron chi connectivity index (χ2n) is 6.63. The summed E-state index contributed by atoms with van der Waals surface area (Å²) in [4.78, 5) is 26.3. The van der Waals surface area contributed by atoms with Gasteiger partial charge in [0, 0.05) is 13.1 Å². The topological polar surface area (TPSA) is 74.8 Å². The summed E-state index contributed by atoms with van der Waals surface area (Å²) >= 11 is 0. The van der Waals surface area contributed by atoms with E-state index in [1.165, 1.54) is 21.3 Å². The van der Waals surface area contributed by atoms with Crippen molar-refractivity contribution in [3.8, 4) is 0 Å². The molecule has 0 N–H and O–H groups in total. The lowest BCUT2D eigenvalue weighted by molar-refractivity contribution is -0.145. The molecular formula is C17H17FN2O4S. The van der Waals surface area contributed by atoms with Gasteiger partial charge < -0.3 is 0 Å². The maximum Gasteiger partial charge on any atom is 0.243 e. The third kappa shape index (κ3) is 2.51. The van der Waals surface area contributed by atoms with Crippen molar-refractivity contribution in [2.75, 3.05) is 13.1 Å². The van der Waals surface area contributed by atoms with Crippen LogP contribution in [0, 0.1) is 17.7 Å². The summed E-state index contributed by atoms with van der Waals surface area (Å²) in [6.45, 7) is 0.175. The van der Waals surface area contributed by atoms with Gasteiger partial charge in [-0.3, -0.25) is 14.5 Å². The van der Waals surface area contributed by atoms with E-state index in [-0.39, 0.29) is 41.6 Å². The molecule has 2 fully saturated rings. The molecule has 2 atom stereocenters. The summed E-state index contributed by atoms with van der Waals surface area (Å²) in [5.41, 5.74) is 0. The number of halogens is 1. The molecule has 0 saturated carbocycles. The molecule has 6 nitrogen and oxygen atoms in total. The van der Waals surface area contributed by atoms with Gasteiger partial charge in [0.1, 0.15) is 5.82 Å². The highest BCUT2D eigenvalue weighted by Gasteiger charge is 2.53. The number of allylic oxidation sites excluding steroid dienone is 2. The van der Waals surface area contributed by atoms with Crippen LogP contribution in [0.25, 0.3) is 0 Å². The fourth-order valence-electron chi connectivity index (χ4n) is 3.72. The number of likely N-dealkylation sites (tertiary alicyclic amines) is 1.